The molecule has 1 heterocycles. The second kappa shape index (κ2) is 5.95. The highest BCUT2D eigenvalue weighted by atomic mass is 35.5. The fourth-order valence-electron chi connectivity index (χ4n) is 2.03. The van der Waals surface area contributed by atoms with Crippen LogP contribution in [0.25, 0.3) is 0 Å². The largest absolute Gasteiger partial charge is 0.326 e. The van der Waals surface area contributed by atoms with Crippen molar-refractivity contribution in [1.29, 1.82) is 0 Å². The second-order valence-electron chi connectivity index (χ2n) is 4.21. The Bertz CT molecular complexity index is 400. The normalized spacial score (nSPS) is 19.9. The number of nitro groups is 1. The summed E-state index contributed by atoms with van der Waals surface area (Å²) < 4.78 is 0. The molecule has 1 aromatic rings. The molecule has 1 aromatic carbocycles. The van der Waals surface area contributed by atoms with Gasteiger partial charge in [-0.1, -0.05) is 12.1 Å². The predicted molar refractivity (Wildman–Crippen MR) is 68.2 cm³/mol. The van der Waals surface area contributed by atoms with Gasteiger partial charge in [0, 0.05) is 37.8 Å². The van der Waals surface area contributed by atoms with Gasteiger partial charge in [0.25, 0.3) is 5.69 Å². The Hall–Kier alpha value is -1.17. The number of non-ortho nitro benzene ring substituents is 1. The van der Waals surface area contributed by atoms with Crippen molar-refractivity contribution >= 4 is 18.1 Å². The van der Waals surface area contributed by atoms with E-state index in [0.717, 1.165) is 31.6 Å². The van der Waals surface area contributed by atoms with Crippen molar-refractivity contribution in [1.82, 2.24) is 4.90 Å². The van der Waals surface area contributed by atoms with Crippen LogP contribution in [-0.2, 0) is 6.54 Å². The van der Waals surface area contributed by atoms with Crippen LogP contribution in [0.15, 0.2) is 24.3 Å². The summed E-state index contributed by atoms with van der Waals surface area (Å²) in [6.45, 7) is 2.60. The van der Waals surface area contributed by atoms with Crippen LogP contribution in [0, 0.1) is 10.1 Å². The number of halogens is 1. The van der Waals surface area contributed by atoms with Gasteiger partial charge in [-0.25, -0.2) is 0 Å². The van der Waals surface area contributed by atoms with E-state index in [1.807, 2.05) is 6.07 Å². The molecule has 1 fully saturated rings. The summed E-state index contributed by atoms with van der Waals surface area (Å²) in [6.07, 6.45) is 1.01. The molecule has 1 atom stereocenters. The van der Waals surface area contributed by atoms with Crippen LogP contribution in [0.3, 0.4) is 0 Å². The van der Waals surface area contributed by atoms with Gasteiger partial charge < -0.3 is 5.73 Å². The minimum absolute atomic E-state index is 0. The quantitative estimate of drug-likeness (QED) is 0.659. The van der Waals surface area contributed by atoms with E-state index in [0.29, 0.717) is 0 Å². The van der Waals surface area contributed by atoms with Crippen molar-refractivity contribution in [2.75, 3.05) is 13.1 Å². The number of likely N-dealkylation sites (tertiary alicyclic amines) is 1. The Morgan fingerprint density at radius 2 is 2.29 bits per heavy atom. The maximum atomic E-state index is 10.6. The first-order valence-corrected chi connectivity index (χ1v) is 5.36. The molecule has 0 spiro atoms. The third kappa shape index (κ3) is 3.66. The molecule has 1 aliphatic rings. The summed E-state index contributed by atoms with van der Waals surface area (Å²) in [5.41, 5.74) is 6.94. The standard InChI is InChI=1S/C11H15N3O2.ClH/c12-10-4-5-13(8-10)7-9-2-1-3-11(6-9)14(15)16;/h1-3,6,10H,4-5,7-8,12H2;1H. The average Bonchev–Trinajstić information content (AvgIpc) is 2.64. The number of nitrogens with two attached hydrogens (primary N) is 1. The van der Waals surface area contributed by atoms with Crippen LogP contribution in [0.4, 0.5) is 5.69 Å². The molecule has 2 rings (SSSR count). The number of rotatable bonds is 3. The predicted octanol–water partition coefficient (Wildman–Crippen LogP) is 1.55. The number of nitrogens with zero attached hydrogens (tertiary/aromatic N) is 2. The minimum atomic E-state index is -0.362. The summed E-state index contributed by atoms with van der Waals surface area (Å²) in [4.78, 5) is 12.5. The zero-order valence-corrected chi connectivity index (χ0v) is 10.2. The summed E-state index contributed by atoms with van der Waals surface area (Å²) in [5, 5.41) is 10.6. The third-order valence-electron chi connectivity index (χ3n) is 2.84. The smallest absolute Gasteiger partial charge is 0.269 e. The molecule has 94 valence electrons. The molecular weight excluding hydrogens is 242 g/mol. The summed E-state index contributed by atoms with van der Waals surface area (Å²) in [6, 6.07) is 7.03. The van der Waals surface area contributed by atoms with Crippen molar-refractivity contribution in [3.63, 3.8) is 0 Å². The van der Waals surface area contributed by atoms with Gasteiger partial charge >= 0.3 is 0 Å². The Morgan fingerprint density at radius 1 is 1.53 bits per heavy atom. The highest BCUT2D eigenvalue weighted by Crippen LogP contribution is 2.17. The maximum absolute atomic E-state index is 10.6. The molecule has 0 aromatic heterocycles. The van der Waals surface area contributed by atoms with E-state index in [1.165, 1.54) is 6.07 Å². The molecule has 0 radical (unpaired) electrons. The van der Waals surface area contributed by atoms with E-state index in [-0.39, 0.29) is 29.1 Å². The van der Waals surface area contributed by atoms with Gasteiger partial charge in [-0.15, -0.1) is 12.4 Å². The summed E-state index contributed by atoms with van der Waals surface area (Å²) in [5.74, 6) is 0. The van der Waals surface area contributed by atoms with E-state index in [2.05, 4.69) is 4.90 Å². The minimum Gasteiger partial charge on any atom is -0.326 e. The van der Waals surface area contributed by atoms with E-state index in [1.54, 1.807) is 12.1 Å². The molecule has 6 heteroatoms. The fraction of sp³-hybridized carbons (Fsp3) is 0.455. The van der Waals surface area contributed by atoms with Crippen molar-refractivity contribution < 1.29 is 4.92 Å². The van der Waals surface area contributed by atoms with Crippen LogP contribution in [0.1, 0.15) is 12.0 Å². The summed E-state index contributed by atoms with van der Waals surface area (Å²) in [7, 11) is 0. The second-order valence-corrected chi connectivity index (χ2v) is 4.21. The van der Waals surface area contributed by atoms with Crippen LogP contribution in [0.5, 0.6) is 0 Å². The first kappa shape index (κ1) is 13.9. The molecule has 17 heavy (non-hydrogen) atoms. The molecule has 5 nitrogen and oxygen atoms in total. The van der Waals surface area contributed by atoms with E-state index in [4.69, 9.17) is 5.73 Å². The lowest BCUT2D eigenvalue weighted by molar-refractivity contribution is -0.384. The Balaban J connectivity index is 0.00000144. The van der Waals surface area contributed by atoms with E-state index < -0.39 is 0 Å². The lowest BCUT2D eigenvalue weighted by Gasteiger charge is -2.14. The first-order chi connectivity index (χ1) is 7.65. The van der Waals surface area contributed by atoms with Crippen molar-refractivity contribution in [3.8, 4) is 0 Å². The molecule has 1 unspecified atom stereocenters. The Kier molecular flexibility index (Phi) is 4.86. The lowest BCUT2D eigenvalue weighted by atomic mass is 10.2. The molecule has 0 aliphatic carbocycles. The Morgan fingerprint density at radius 3 is 2.88 bits per heavy atom. The van der Waals surface area contributed by atoms with E-state index in [9.17, 15) is 10.1 Å². The van der Waals surface area contributed by atoms with Gasteiger partial charge in [0.05, 0.1) is 4.92 Å². The number of hydrogen-bond donors (Lipinski definition) is 1. The van der Waals surface area contributed by atoms with Crippen molar-refractivity contribution in [2.45, 2.75) is 19.0 Å². The fourth-order valence-corrected chi connectivity index (χ4v) is 2.03. The zero-order valence-electron chi connectivity index (χ0n) is 9.41. The Labute approximate surface area is 106 Å². The lowest BCUT2D eigenvalue weighted by Crippen LogP contribution is -2.26. The van der Waals surface area contributed by atoms with Gasteiger partial charge in [-0.2, -0.15) is 0 Å². The van der Waals surface area contributed by atoms with Gasteiger partial charge in [-0.3, -0.25) is 15.0 Å². The monoisotopic (exact) mass is 257 g/mol. The highest BCUT2D eigenvalue weighted by Gasteiger charge is 2.19. The molecule has 0 saturated carbocycles. The van der Waals surface area contributed by atoms with Gasteiger partial charge in [0.2, 0.25) is 0 Å². The third-order valence-corrected chi connectivity index (χ3v) is 2.84. The van der Waals surface area contributed by atoms with Crippen molar-refractivity contribution in [3.05, 3.63) is 39.9 Å². The van der Waals surface area contributed by atoms with Gasteiger partial charge in [0.15, 0.2) is 0 Å². The van der Waals surface area contributed by atoms with Crippen LogP contribution < -0.4 is 5.73 Å². The SMILES string of the molecule is Cl.NC1CCN(Cc2cccc([N+](=O)[O-])c2)C1. The van der Waals surface area contributed by atoms with Crippen LogP contribution >= 0.6 is 12.4 Å². The molecule has 0 amide bonds. The maximum Gasteiger partial charge on any atom is 0.269 e. The first-order valence-electron chi connectivity index (χ1n) is 5.36. The van der Waals surface area contributed by atoms with E-state index >= 15 is 0 Å². The molecule has 0 bridgehead atoms. The van der Waals surface area contributed by atoms with Crippen molar-refractivity contribution in [2.24, 2.45) is 5.73 Å². The average molecular weight is 258 g/mol. The number of benzene rings is 1. The van der Waals surface area contributed by atoms with Gasteiger partial charge in [0.1, 0.15) is 0 Å². The van der Waals surface area contributed by atoms with Crippen LogP contribution in [0.2, 0.25) is 0 Å². The molecule has 1 saturated heterocycles. The summed E-state index contributed by atoms with van der Waals surface area (Å²) >= 11 is 0. The highest BCUT2D eigenvalue weighted by molar-refractivity contribution is 5.85. The van der Waals surface area contributed by atoms with Gasteiger partial charge in [-0.05, 0) is 12.0 Å². The zero-order chi connectivity index (χ0) is 11.5. The molecular formula is C11H16ClN3O2. The topological polar surface area (TPSA) is 72.4 Å². The number of hydrogen-bond acceptors (Lipinski definition) is 4. The van der Waals surface area contributed by atoms with Crippen LogP contribution in [-0.4, -0.2) is 29.0 Å². The number of nitro benzene ring substituents is 1. The molecule has 1 aliphatic heterocycles. The molecule has 2 N–H and O–H groups in total.